The van der Waals surface area contributed by atoms with Gasteiger partial charge in [-0.3, -0.25) is 9.69 Å². The van der Waals surface area contributed by atoms with E-state index in [2.05, 4.69) is 43.4 Å². The van der Waals surface area contributed by atoms with Gasteiger partial charge in [-0.05, 0) is 45.4 Å². The number of rotatable bonds is 6. The van der Waals surface area contributed by atoms with Crippen molar-refractivity contribution >= 4 is 23.1 Å². The van der Waals surface area contributed by atoms with Crippen LogP contribution in [0.15, 0.2) is 24.7 Å². The molecule has 1 aliphatic heterocycles. The van der Waals surface area contributed by atoms with E-state index >= 15 is 0 Å². The van der Waals surface area contributed by atoms with Gasteiger partial charge in [-0.15, -0.1) is 16.4 Å². The van der Waals surface area contributed by atoms with Gasteiger partial charge in [0.1, 0.15) is 0 Å². The summed E-state index contributed by atoms with van der Waals surface area (Å²) >= 11 is 1.55. The second kappa shape index (κ2) is 7.61. The van der Waals surface area contributed by atoms with E-state index in [9.17, 15) is 4.79 Å². The van der Waals surface area contributed by atoms with Crippen LogP contribution in [0.2, 0.25) is 0 Å². The molecule has 1 fully saturated rings. The molecule has 0 bridgehead atoms. The van der Waals surface area contributed by atoms with Crippen LogP contribution in [0.4, 0.5) is 5.82 Å². The number of anilines is 1. The molecule has 0 unspecified atom stereocenters. The average molecular weight is 385 g/mol. The molecule has 1 amide bonds. The number of nitrogens with zero attached hydrogens (tertiary/aromatic N) is 5. The van der Waals surface area contributed by atoms with Gasteiger partial charge in [-0.1, -0.05) is 0 Å². The molecule has 3 aromatic rings. The van der Waals surface area contributed by atoms with Gasteiger partial charge in [0, 0.05) is 23.2 Å². The summed E-state index contributed by atoms with van der Waals surface area (Å²) in [5.74, 6) is 0.343. The smallest absolute Gasteiger partial charge is 0.266 e. The minimum Gasteiger partial charge on any atom is -0.348 e. The third-order valence-corrected chi connectivity index (χ3v) is 6.08. The average Bonchev–Trinajstić information content (AvgIpc) is 3.43. The Balaban J connectivity index is 1.44. The number of aromatic nitrogens is 5. The maximum absolute atomic E-state index is 12.5. The largest absolute Gasteiger partial charge is 0.348 e. The number of hydrogen-bond acceptors (Lipinski definition) is 6. The summed E-state index contributed by atoms with van der Waals surface area (Å²) in [5, 5.41) is 11.1. The summed E-state index contributed by atoms with van der Waals surface area (Å²) in [5.41, 5.74) is 2.21. The predicted octanol–water partition coefficient (Wildman–Crippen LogP) is 2.98. The number of thiophene rings is 1. The fourth-order valence-electron chi connectivity index (χ4n) is 3.42. The first-order chi connectivity index (χ1) is 13.1. The van der Waals surface area contributed by atoms with E-state index < -0.39 is 0 Å². The highest BCUT2D eigenvalue weighted by atomic mass is 32.1. The summed E-state index contributed by atoms with van der Waals surface area (Å²) in [7, 11) is 0. The first-order valence-corrected chi connectivity index (χ1v) is 9.99. The van der Waals surface area contributed by atoms with E-state index in [0.29, 0.717) is 23.3 Å². The molecule has 1 atom stereocenters. The van der Waals surface area contributed by atoms with Crippen LogP contribution in [0.25, 0.3) is 0 Å². The molecule has 3 aromatic heterocycles. The number of hydrogen-bond donors (Lipinski definition) is 2. The van der Waals surface area contributed by atoms with Gasteiger partial charge < -0.3 is 10.3 Å². The summed E-state index contributed by atoms with van der Waals surface area (Å²) in [6, 6.07) is 4.31. The van der Waals surface area contributed by atoms with Crippen LogP contribution in [0.5, 0.6) is 0 Å². The zero-order valence-corrected chi connectivity index (χ0v) is 16.3. The molecule has 0 saturated carbocycles. The van der Waals surface area contributed by atoms with Crippen LogP contribution in [0.1, 0.15) is 51.7 Å². The Morgan fingerprint density at radius 2 is 2.33 bits per heavy atom. The number of nitrogens with one attached hydrogen (secondary N) is 2. The summed E-state index contributed by atoms with van der Waals surface area (Å²) in [6.07, 6.45) is 5.59. The van der Waals surface area contributed by atoms with Gasteiger partial charge in [-0.2, -0.15) is 9.90 Å². The van der Waals surface area contributed by atoms with Gasteiger partial charge in [0.25, 0.3) is 5.91 Å². The first kappa shape index (κ1) is 17.9. The molecular formula is C18H23N7OS. The zero-order valence-electron chi connectivity index (χ0n) is 15.5. The van der Waals surface area contributed by atoms with E-state index in [4.69, 9.17) is 0 Å². The minimum absolute atomic E-state index is 0.137. The normalized spacial score (nSPS) is 17.5. The number of carbonyl (C=O) groups is 1. The van der Waals surface area contributed by atoms with Crippen molar-refractivity contribution in [3.63, 3.8) is 0 Å². The number of H-pyrrole nitrogens is 1. The Labute approximate surface area is 161 Å². The van der Waals surface area contributed by atoms with Crippen LogP contribution < -0.4 is 5.32 Å². The maximum atomic E-state index is 12.5. The second-order valence-electron chi connectivity index (χ2n) is 6.68. The highest BCUT2D eigenvalue weighted by Gasteiger charge is 2.28. The molecule has 4 rings (SSSR count). The lowest BCUT2D eigenvalue weighted by atomic mass is 10.2. The lowest BCUT2D eigenvalue weighted by Crippen LogP contribution is -2.22. The Hall–Kier alpha value is -2.52. The molecular weight excluding hydrogens is 362 g/mol. The van der Waals surface area contributed by atoms with Crippen molar-refractivity contribution in [2.75, 3.05) is 11.9 Å². The molecule has 1 saturated heterocycles. The number of amides is 1. The van der Waals surface area contributed by atoms with Crippen molar-refractivity contribution in [1.29, 1.82) is 0 Å². The van der Waals surface area contributed by atoms with E-state index in [1.54, 1.807) is 28.7 Å². The van der Waals surface area contributed by atoms with Crippen molar-refractivity contribution in [2.24, 2.45) is 0 Å². The summed E-state index contributed by atoms with van der Waals surface area (Å²) < 4.78 is 0. The highest BCUT2D eigenvalue weighted by Crippen LogP contribution is 2.37. The van der Waals surface area contributed by atoms with Gasteiger partial charge in [0.2, 0.25) is 0 Å². The van der Waals surface area contributed by atoms with Crippen molar-refractivity contribution in [3.05, 3.63) is 45.8 Å². The lowest BCUT2D eigenvalue weighted by molar-refractivity contribution is 0.103. The second-order valence-corrected chi connectivity index (χ2v) is 7.79. The number of imidazole rings is 1. The fraction of sp³-hybridized carbons (Fsp3) is 0.444. The molecule has 0 spiro atoms. The van der Waals surface area contributed by atoms with Gasteiger partial charge >= 0.3 is 0 Å². The molecule has 8 nitrogen and oxygen atoms in total. The molecule has 1 aliphatic rings. The van der Waals surface area contributed by atoms with E-state index in [0.717, 1.165) is 37.3 Å². The lowest BCUT2D eigenvalue weighted by Gasteiger charge is -2.22. The molecule has 2 N–H and O–H groups in total. The Kier molecular flexibility index (Phi) is 5.04. The minimum atomic E-state index is -0.137. The fourth-order valence-corrected chi connectivity index (χ4v) is 4.49. The van der Waals surface area contributed by atoms with Crippen LogP contribution >= 0.6 is 11.3 Å². The molecule has 0 aromatic carbocycles. The Morgan fingerprint density at radius 1 is 1.44 bits per heavy atom. The molecule has 0 radical (unpaired) electrons. The third-order valence-electron chi connectivity index (χ3n) is 4.89. The van der Waals surface area contributed by atoms with Crippen LogP contribution in [0.3, 0.4) is 0 Å². The highest BCUT2D eigenvalue weighted by molar-refractivity contribution is 7.14. The molecule has 142 valence electrons. The number of carbonyl (C=O) groups excluding carboxylic acids is 1. The monoisotopic (exact) mass is 385 g/mol. The topological polar surface area (TPSA) is 91.7 Å². The van der Waals surface area contributed by atoms with E-state index in [1.165, 1.54) is 4.88 Å². The van der Waals surface area contributed by atoms with Crippen LogP contribution in [0, 0.1) is 6.92 Å². The molecule has 0 aliphatic carbocycles. The SMILES string of the molecule is CCn1ncc(NC(=O)c2ccc([C@@H]3CCCN3Cc3nc[nH]c3C)s2)n1. The third kappa shape index (κ3) is 3.79. The van der Waals surface area contributed by atoms with E-state index in [1.807, 2.05) is 13.0 Å². The number of aryl methyl sites for hydroxylation is 2. The standard InChI is InChI=1S/C18H23N7OS/c1-3-25-21-9-17(23-25)22-18(26)16-7-6-15(27-16)14-5-4-8-24(14)10-13-12(2)19-11-20-13/h6-7,9,11,14H,3-5,8,10H2,1-2H3,(H,19,20)(H,22,23,26)/t14-/m0/s1. The van der Waals surface area contributed by atoms with Crippen molar-refractivity contribution < 1.29 is 4.79 Å². The van der Waals surface area contributed by atoms with E-state index in [-0.39, 0.29) is 5.91 Å². The Bertz CT molecular complexity index is 928. The van der Waals surface area contributed by atoms with Gasteiger partial charge in [-0.25, -0.2) is 4.98 Å². The number of likely N-dealkylation sites (tertiary alicyclic amines) is 1. The van der Waals surface area contributed by atoms with Crippen LogP contribution in [-0.2, 0) is 13.1 Å². The quantitative estimate of drug-likeness (QED) is 0.681. The molecule has 27 heavy (non-hydrogen) atoms. The number of aromatic amines is 1. The molecule has 9 heteroatoms. The summed E-state index contributed by atoms with van der Waals surface area (Å²) in [6.45, 7) is 6.56. The van der Waals surface area contributed by atoms with Crippen LogP contribution in [-0.4, -0.2) is 42.3 Å². The van der Waals surface area contributed by atoms with Crippen molar-refractivity contribution in [3.8, 4) is 0 Å². The first-order valence-electron chi connectivity index (χ1n) is 9.18. The van der Waals surface area contributed by atoms with Gasteiger partial charge in [0.05, 0.1) is 29.6 Å². The maximum Gasteiger partial charge on any atom is 0.266 e. The zero-order chi connectivity index (χ0) is 18.8. The summed E-state index contributed by atoms with van der Waals surface area (Å²) in [4.78, 5) is 26.0. The Morgan fingerprint density at radius 3 is 3.07 bits per heavy atom. The van der Waals surface area contributed by atoms with Crippen molar-refractivity contribution in [1.82, 2.24) is 29.9 Å². The predicted molar refractivity (Wildman–Crippen MR) is 104 cm³/mol. The van der Waals surface area contributed by atoms with Gasteiger partial charge in [0.15, 0.2) is 5.82 Å². The molecule has 4 heterocycles. The van der Waals surface area contributed by atoms with Crippen molar-refractivity contribution in [2.45, 2.75) is 45.8 Å².